The van der Waals surface area contributed by atoms with Gasteiger partial charge in [0.05, 0.1) is 11.4 Å². The molecule has 1 aliphatic heterocycles. The fraction of sp³-hybridized carbons (Fsp3) is 0.200. The second kappa shape index (κ2) is 5.17. The van der Waals surface area contributed by atoms with Gasteiger partial charge in [-0.1, -0.05) is 11.8 Å². The molecule has 1 heterocycles. The highest BCUT2D eigenvalue weighted by Gasteiger charge is 2.25. The summed E-state index contributed by atoms with van der Waals surface area (Å²) in [6, 6.07) is 3.37. The first-order valence-corrected chi connectivity index (χ1v) is 7.60. The van der Waals surface area contributed by atoms with E-state index in [1.54, 1.807) is 0 Å². The molecule has 1 aliphatic rings. The van der Waals surface area contributed by atoms with Crippen molar-refractivity contribution in [1.29, 1.82) is 0 Å². The minimum Gasteiger partial charge on any atom is -0.358 e. The SMILES string of the molecule is CNC(=O)CSC1=NS(=O)(=O)c2cc(F)ccc2N1. The average Bonchev–Trinajstić information content (AvgIpc) is 2.36. The van der Waals surface area contributed by atoms with Gasteiger partial charge in [-0.05, 0) is 18.2 Å². The van der Waals surface area contributed by atoms with Crippen molar-refractivity contribution in [3.8, 4) is 0 Å². The summed E-state index contributed by atoms with van der Waals surface area (Å²) >= 11 is 0.954. The van der Waals surface area contributed by atoms with Gasteiger partial charge in [-0.2, -0.15) is 8.42 Å². The summed E-state index contributed by atoms with van der Waals surface area (Å²) in [5, 5.41) is 5.24. The van der Waals surface area contributed by atoms with Crippen LogP contribution < -0.4 is 10.6 Å². The van der Waals surface area contributed by atoms with Crippen LogP contribution in [0, 0.1) is 5.82 Å². The Morgan fingerprint density at radius 3 is 2.95 bits per heavy atom. The largest absolute Gasteiger partial charge is 0.358 e. The summed E-state index contributed by atoms with van der Waals surface area (Å²) in [4.78, 5) is 10.9. The van der Waals surface area contributed by atoms with Crippen LogP contribution >= 0.6 is 11.8 Å². The van der Waals surface area contributed by atoms with Gasteiger partial charge in [0.25, 0.3) is 10.0 Å². The summed E-state index contributed by atoms with van der Waals surface area (Å²) < 4.78 is 40.2. The second-order valence-electron chi connectivity index (χ2n) is 3.60. The highest BCUT2D eigenvalue weighted by atomic mass is 32.2. The lowest BCUT2D eigenvalue weighted by Crippen LogP contribution is -2.24. The molecule has 0 atom stereocenters. The Hall–Kier alpha value is -1.61. The molecule has 0 aromatic heterocycles. The monoisotopic (exact) mass is 303 g/mol. The van der Waals surface area contributed by atoms with Gasteiger partial charge in [-0.25, -0.2) is 4.39 Å². The number of rotatable bonds is 2. The van der Waals surface area contributed by atoms with Crippen molar-refractivity contribution < 1.29 is 17.6 Å². The zero-order chi connectivity index (χ0) is 14.0. The Kier molecular flexibility index (Phi) is 3.76. The fourth-order valence-corrected chi connectivity index (χ4v) is 3.50. The number of halogens is 1. The number of benzene rings is 1. The lowest BCUT2D eigenvalue weighted by molar-refractivity contribution is -0.118. The number of hydrogen-bond acceptors (Lipinski definition) is 5. The number of carbonyl (C=O) groups is 1. The average molecular weight is 303 g/mol. The molecule has 9 heteroatoms. The number of sulfonamides is 1. The van der Waals surface area contributed by atoms with E-state index in [4.69, 9.17) is 0 Å². The highest BCUT2D eigenvalue weighted by Crippen LogP contribution is 2.29. The van der Waals surface area contributed by atoms with E-state index in [0.29, 0.717) is 0 Å². The molecule has 1 aromatic carbocycles. The van der Waals surface area contributed by atoms with Gasteiger partial charge in [0.2, 0.25) is 5.91 Å². The van der Waals surface area contributed by atoms with Crippen LogP contribution in [0.5, 0.6) is 0 Å². The molecule has 2 N–H and O–H groups in total. The zero-order valence-electron chi connectivity index (χ0n) is 9.81. The molecular formula is C10H10FN3O3S2. The minimum atomic E-state index is -3.94. The molecular weight excluding hydrogens is 293 g/mol. The summed E-state index contributed by atoms with van der Waals surface area (Å²) in [7, 11) is -2.46. The number of amidine groups is 1. The van der Waals surface area contributed by atoms with Crippen molar-refractivity contribution in [1.82, 2.24) is 5.32 Å². The van der Waals surface area contributed by atoms with Crippen LogP contribution in [-0.2, 0) is 14.8 Å². The molecule has 2 rings (SSSR count). The Labute approximate surface area is 113 Å². The number of hydrogen-bond donors (Lipinski definition) is 2. The molecule has 6 nitrogen and oxygen atoms in total. The van der Waals surface area contributed by atoms with E-state index in [0.717, 1.165) is 23.9 Å². The highest BCUT2D eigenvalue weighted by molar-refractivity contribution is 8.15. The summed E-state index contributed by atoms with van der Waals surface area (Å²) in [6.07, 6.45) is 0. The quantitative estimate of drug-likeness (QED) is 0.843. The maximum absolute atomic E-state index is 13.0. The molecule has 19 heavy (non-hydrogen) atoms. The van der Waals surface area contributed by atoms with Crippen LogP contribution in [0.1, 0.15) is 0 Å². The first-order valence-electron chi connectivity index (χ1n) is 5.17. The third-order valence-electron chi connectivity index (χ3n) is 2.29. The third-order valence-corrected chi connectivity index (χ3v) is 4.59. The van der Waals surface area contributed by atoms with E-state index in [1.807, 2.05) is 0 Å². The Morgan fingerprint density at radius 1 is 1.53 bits per heavy atom. The van der Waals surface area contributed by atoms with Gasteiger partial charge in [-0.15, -0.1) is 4.40 Å². The number of thioether (sulfide) groups is 1. The van der Waals surface area contributed by atoms with Crippen molar-refractivity contribution >= 4 is 38.5 Å². The molecule has 0 saturated carbocycles. The van der Waals surface area contributed by atoms with Crippen LogP contribution in [0.2, 0.25) is 0 Å². The number of nitrogens with zero attached hydrogens (tertiary/aromatic N) is 1. The van der Waals surface area contributed by atoms with E-state index in [2.05, 4.69) is 15.0 Å². The van der Waals surface area contributed by atoms with Crippen molar-refractivity contribution in [3.05, 3.63) is 24.0 Å². The Bertz CT molecular complexity index is 658. The lowest BCUT2D eigenvalue weighted by atomic mass is 10.3. The molecule has 0 saturated heterocycles. The maximum atomic E-state index is 13.0. The Morgan fingerprint density at radius 2 is 2.26 bits per heavy atom. The molecule has 0 aliphatic carbocycles. The van der Waals surface area contributed by atoms with Gasteiger partial charge in [-0.3, -0.25) is 4.79 Å². The molecule has 1 amide bonds. The topological polar surface area (TPSA) is 87.6 Å². The molecule has 0 spiro atoms. The van der Waals surface area contributed by atoms with Gasteiger partial charge < -0.3 is 10.6 Å². The van der Waals surface area contributed by atoms with Crippen LogP contribution in [0.4, 0.5) is 10.1 Å². The predicted molar refractivity (Wildman–Crippen MR) is 71.2 cm³/mol. The van der Waals surface area contributed by atoms with Crippen LogP contribution in [0.25, 0.3) is 0 Å². The molecule has 0 radical (unpaired) electrons. The summed E-state index contributed by atoms with van der Waals surface area (Å²) in [5.41, 5.74) is 0.246. The molecule has 0 unspecified atom stereocenters. The summed E-state index contributed by atoms with van der Waals surface area (Å²) in [6.45, 7) is 0. The van der Waals surface area contributed by atoms with Crippen molar-refractivity contribution in [2.24, 2.45) is 4.40 Å². The standard InChI is InChI=1S/C10H10FN3O3S2/c1-12-9(15)5-18-10-13-7-3-2-6(11)4-8(7)19(16,17)14-10/h2-4H,5H2,1H3,(H,12,15)(H,13,14). The van der Waals surface area contributed by atoms with E-state index in [1.165, 1.54) is 13.1 Å². The number of carbonyl (C=O) groups excluding carboxylic acids is 1. The van der Waals surface area contributed by atoms with E-state index in [-0.39, 0.29) is 27.4 Å². The Balaban J connectivity index is 2.27. The zero-order valence-corrected chi connectivity index (χ0v) is 11.4. The second-order valence-corrected chi connectivity index (χ2v) is 6.14. The van der Waals surface area contributed by atoms with E-state index < -0.39 is 15.8 Å². The van der Waals surface area contributed by atoms with Gasteiger partial charge in [0.1, 0.15) is 10.7 Å². The first kappa shape index (κ1) is 13.8. The van der Waals surface area contributed by atoms with E-state index in [9.17, 15) is 17.6 Å². The number of anilines is 1. The number of amides is 1. The predicted octanol–water partition coefficient (Wildman–Crippen LogP) is 0.775. The van der Waals surface area contributed by atoms with Gasteiger partial charge in [0.15, 0.2) is 5.17 Å². The van der Waals surface area contributed by atoms with Crippen molar-refractivity contribution in [2.75, 3.05) is 18.1 Å². The van der Waals surface area contributed by atoms with Crippen molar-refractivity contribution in [2.45, 2.75) is 4.90 Å². The van der Waals surface area contributed by atoms with Crippen LogP contribution in [0.15, 0.2) is 27.5 Å². The molecule has 0 bridgehead atoms. The van der Waals surface area contributed by atoms with Crippen LogP contribution in [-0.4, -0.2) is 32.3 Å². The molecule has 102 valence electrons. The third kappa shape index (κ3) is 3.04. The molecule has 1 aromatic rings. The number of fused-ring (bicyclic) bond motifs is 1. The van der Waals surface area contributed by atoms with Gasteiger partial charge >= 0.3 is 0 Å². The smallest absolute Gasteiger partial charge is 0.286 e. The minimum absolute atomic E-state index is 0.0361. The van der Waals surface area contributed by atoms with Crippen molar-refractivity contribution in [3.63, 3.8) is 0 Å². The normalized spacial score (nSPS) is 16.0. The molecule has 0 fully saturated rings. The number of nitrogens with one attached hydrogen (secondary N) is 2. The maximum Gasteiger partial charge on any atom is 0.286 e. The lowest BCUT2D eigenvalue weighted by Gasteiger charge is -2.17. The fourth-order valence-electron chi connectivity index (χ4n) is 1.38. The van der Waals surface area contributed by atoms with Gasteiger partial charge in [0, 0.05) is 7.05 Å². The van der Waals surface area contributed by atoms with Crippen LogP contribution in [0.3, 0.4) is 0 Å². The summed E-state index contributed by atoms with van der Waals surface area (Å²) in [5.74, 6) is -0.869. The van der Waals surface area contributed by atoms with E-state index >= 15 is 0 Å². The first-order chi connectivity index (χ1) is 8.92.